The molecule has 0 spiro atoms. The summed E-state index contributed by atoms with van der Waals surface area (Å²) in [5.41, 5.74) is 8.78. The number of rotatable bonds is 5. The lowest BCUT2D eigenvalue weighted by atomic mass is 10.0. The van der Waals surface area contributed by atoms with E-state index in [0.717, 1.165) is 11.1 Å². The minimum Gasteiger partial charge on any atom is -0.398 e. The molecule has 0 aromatic heterocycles. The highest BCUT2D eigenvalue weighted by Gasteiger charge is 2.16. The molecule has 2 aromatic carbocycles. The Balaban J connectivity index is 2.08. The molecule has 4 nitrogen and oxygen atoms in total. The number of carbonyl (C=O) groups excluding carboxylic acids is 1. The van der Waals surface area contributed by atoms with Crippen molar-refractivity contribution in [3.05, 3.63) is 65.2 Å². The van der Waals surface area contributed by atoms with Crippen LogP contribution in [0, 0.1) is 6.92 Å². The van der Waals surface area contributed by atoms with Gasteiger partial charge in [0.05, 0.1) is 18.2 Å². The zero-order valence-electron chi connectivity index (χ0n) is 12.0. The molecule has 0 saturated heterocycles. The number of para-hydroxylation sites is 1. The summed E-state index contributed by atoms with van der Waals surface area (Å²) in [6, 6.07) is 14.8. The maximum Gasteiger partial charge on any atom is 0.253 e. The van der Waals surface area contributed by atoms with Crippen molar-refractivity contribution in [2.45, 2.75) is 19.4 Å². The van der Waals surface area contributed by atoms with Gasteiger partial charge in [0.1, 0.15) is 0 Å². The molecule has 21 heavy (non-hydrogen) atoms. The van der Waals surface area contributed by atoms with Gasteiger partial charge in [-0.1, -0.05) is 42.5 Å². The Hall–Kier alpha value is -2.33. The molecule has 0 radical (unpaired) electrons. The van der Waals surface area contributed by atoms with E-state index in [1.807, 2.05) is 43.3 Å². The van der Waals surface area contributed by atoms with Crippen molar-refractivity contribution < 1.29 is 9.90 Å². The van der Waals surface area contributed by atoms with Gasteiger partial charge in [0, 0.05) is 5.69 Å². The number of nitrogens with one attached hydrogen (secondary N) is 1. The van der Waals surface area contributed by atoms with Crippen molar-refractivity contribution in [3.63, 3.8) is 0 Å². The second-order valence-corrected chi connectivity index (χ2v) is 5.08. The van der Waals surface area contributed by atoms with Crippen LogP contribution in [0.25, 0.3) is 0 Å². The van der Waals surface area contributed by atoms with Crippen LogP contribution in [-0.4, -0.2) is 23.7 Å². The number of aliphatic hydroxyl groups is 1. The van der Waals surface area contributed by atoms with Gasteiger partial charge in [-0.2, -0.15) is 0 Å². The molecule has 0 bridgehead atoms. The van der Waals surface area contributed by atoms with Gasteiger partial charge in [-0.3, -0.25) is 4.79 Å². The average molecular weight is 284 g/mol. The van der Waals surface area contributed by atoms with Crippen molar-refractivity contribution in [2.24, 2.45) is 0 Å². The topological polar surface area (TPSA) is 75.3 Å². The number of benzene rings is 2. The lowest BCUT2D eigenvalue weighted by molar-refractivity contribution is 0.0917. The Morgan fingerprint density at radius 3 is 2.57 bits per heavy atom. The molecule has 2 rings (SSSR count). The molecule has 110 valence electrons. The molecule has 4 N–H and O–H groups in total. The van der Waals surface area contributed by atoms with Crippen LogP contribution in [0.1, 0.15) is 21.5 Å². The zero-order valence-corrected chi connectivity index (χ0v) is 12.0. The standard InChI is InChI=1S/C17H20N2O2/c1-12-6-5-9-15(16(12)18)17(21)19-14(11-20)10-13-7-3-2-4-8-13/h2-9,14,20H,10-11,18H2,1H3,(H,19,21). The molecule has 1 unspecified atom stereocenters. The summed E-state index contributed by atoms with van der Waals surface area (Å²) < 4.78 is 0. The van der Waals surface area contributed by atoms with E-state index in [-0.39, 0.29) is 18.6 Å². The zero-order chi connectivity index (χ0) is 15.2. The Morgan fingerprint density at radius 1 is 1.19 bits per heavy atom. The summed E-state index contributed by atoms with van der Waals surface area (Å²) in [5, 5.41) is 12.3. The molecule has 1 atom stereocenters. The second-order valence-electron chi connectivity index (χ2n) is 5.08. The number of hydrogen-bond acceptors (Lipinski definition) is 3. The highest BCUT2D eigenvalue weighted by molar-refractivity contribution is 5.99. The van der Waals surface area contributed by atoms with Crippen LogP contribution in [0.3, 0.4) is 0 Å². The van der Waals surface area contributed by atoms with E-state index in [4.69, 9.17) is 5.73 Å². The van der Waals surface area contributed by atoms with Gasteiger partial charge < -0.3 is 16.2 Å². The summed E-state index contributed by atoms with van der Waals surface area (Å²) in [6.45, 7) is 1.74. The average Bonchev–Trinajstić information content (AvgIpc) is 2.50. The number of amides is 1. The first-order valence-corrected chi connectivity index (χ1v) is 6.92. The Bertz CT molecular complexity index is 611. The quantitative estimate of drug-likeness (QED) is 0.734. The van der Waals surface area contributed by atoms with Crippen LogP contribution in [-0.2, 0) is 6.42 Å². The van der Waals surface area contributed by atoms with E-state index in [1.54, 1.807) is 12.1 Å². The first-order chi connectivity index (χ1) is 10.1. The van der Waals surface area contributed by atoms with Crippen LogP contribution in [0.2, 0.25) is 0 Å². The first kappa shape index (κ1) is 15.1. The minimum atomic E-state index is -0.334. The van der Waals surface area contributed by atoms with Crippen molar-refractivity contribution >= 4 is 11.6 Å². The lowest BCUT2D eigenvalue weighted by Crippen LogP contribution is -2.39. The Morgan fingerprint density at radius 2 is 1.90 bits per heavy atom. The molecule has 2 aromatic rings. The van der Waals surface area contributed by atoms with E-state index in [9.17, 15) is 9.90 Å². The lowest BCUT2D eigenvalue weighted by Gasteiger charge is -2.17. The van der Waals surface area contributed by atoms with Crippen molar-refractivity contribution in [1.29, 1.82) is 0 Å². The Kier molecular flexibility index (Phi) is 4.95. The predicted octanol–water partition coefficient (Wildman–Crippen LogP) is 1.91. The number of nitrogen functional groups attached to an aromatic ring is 1. The molecule has 1 amide bonds. The van der Waals surface area contributed by atoms with Gasteiger partial charge in [0.25, 0.3) is 5.91 Å². The normalized spacial score (nSPS) is 11.9. The van der Waals surface area contributed by atoms with E-state index in [0.29, 0.717) is 17.7 Å². The number of carbonyl (C=O) groups is 1. The summed E-state index contributed by atoms with van der Waals surface area (Å²) in [5.74, 6) is -0.258. The highest BCUT2D eigenvalue weighted by atomic mass is 16.3. The van der Waals surface area contributed by atoms with Gasteiger partial charge in [0.2, 0.25) is 0 Å². The number of aliphatic hydroxyl groups excluding tert-OH is 1. The van der Waals surface area contributed by atoms with Crippen molar-refractivity contribution in [1.82, 2.24) is 5.32 Å². The molecule has 4 heteroatoms. The maximum absolute atomic E-state index is 12.3. The molecular formula is C17H20N2O2. The van der Waals surface area contributed by atoms with Gasteiger partial charge in [-0.25, -0.2) is 0 Å². The third-order valence-electron chi connectivity index (χ3n) is 3.45. The number of aryl methyl sites for hydroxylation is 1. The third kappa shape index (κ3) is 3.83. The second kappa shape index (κ2) is 6.90. The smallest absolute Gasteiger partial charge is 0.253 e. The van der Waals surface area contributed by atoms with Crippen LogP contribution >= 0.6 is 0 Å². The highest BCUT2D eigenvalue weighted by Crippen LogP contribution is 2.16. The van der Waals surface area contributed by atoms with E-state index in [2.05, 4.69) is 5.32 Å². The minimum absolute atomic E-state index is 0.119. The number of hydrogen-bond donors (Lipinski definition) is 3. The maximum atomic E-state index is 12.3. The van der Waals surface area contributed by atoms with E-state index < -0.39 is 0 Å². The fourth-order valence-electron chi connectivity index (χ4n) is 2.20. The number of nitrogens with two attached hydrogens (primary N) is 1. The number of anilines is 1. The van der Waals surface area contributed by atoms with Gasteiger partial charge in [0.15, 0.2) is 0 Å². The largest absolute Gasteiger partial charge is 0.398 e. The summed E-state index contributed by atoms with van der Waals surface area (Å²) >= 11 is 0. The Labute approximate surface area is 124 Å². The fourth-order valence-corrected chi connectivity index (χ4v) is 2.20. The molecular weight excluding hydrogens is 264 g/mol. The van der Waals surface area contributed by atoms with E-state index >= 15 is 0 Å². The van der Waals surface area contributed by atoms with Gasteiger partial charge >= 0.3 is 0 Å². The van der Waals surface area contributed by atoms with Crippen LogP contribution in [0.15, 0.2) is 48.5 Å². The molecule has 0 fully saturated rings. The van der Waals surface area contributed by atoms with Crippen LogP contribution in [0.4, 0.5) is 5.69 Å². The SMILES string of the molecule is Cc1cccc(C(=O)NC(CO)Cc2ccccc2)c1N. The van der Waals surface area contributed by atoms with Gasteiger partial charge in [-0.15, -0.1) is 0 Å². The van der Waals surface area contributed by atoms with Crippen molar-refractivity contribution in [2.75, 3.05) is 12.3 Å². The molecule has 0 heterocycles. The fraction of sp³-hybridized carbons (Fsp3) is 0.235. The molecule has 0 saturated carbocycles. The monoisotopic (exact) mass is 284 g/mol. The predicted molar refractivity (Wildman–Crippen MR) is 84.1 cm³/mol. The van der Waals surface area contributed by atoms with E-state index in [1.165, 1.54) is 0 Å². The summed E-state index contributed by atoms with van der Waals surface area (Å²) in [7, 11) is 0. The summed E-state index contributed by atoms with van der Waals surface area (Å²) in [6.07, 6.45) is 0.578. The van der Waals surface area contributed by atoms with Crippen molar-refractivity contribution in [3.8, 4) is 0 Å². The molecule has 0 aliphatic rings. The third-order valence-corrected chi connectivity index (χ3v) is 3.45. The molecule has 0 aliphatic heterocycles. The first-order valence-electron chi connectivity index (χ1n) is 6.92. The van der Waals surface area contributed by atoms with Crippen LogP contribution in [0.5, 0.6) is 0 Å². The van der Waals surface area contributed by atoms with Gasteiger partial charge in [-0.05, 0) is 30.5 Å². The molecule has 0 aliphatic carbocycles. The summed E-state index contributed by atoms with van der Waals surface area (Å²) in [4.78, 5) is 12.3. The van der Waals surface area contributed by atoms with Crippen LogP contribution < -0.4 is 11.1 Å².